The molecule has 1 heterocycles. The second-order valence-corrected chi connectivity index (χ2v) is 3.18. The third-order valence-corrected chi connectivity index (χ3v) is 1.87. The van der Waals surface area contributed by atoms with Crippen molar-refractivity contribution in [2.75, 3.05) is 6.61 Å². The SMILES string of the molecule is C/C(=N/NC(N)=S)[C@H]1CCOC1=O. The average Bonchev–Trinajstić information content (AvgIpc) is 2.47. The second kappa shape index (κ2) is 4.18. The highest BCUT2D eigenvalue weighted by molar-refractivity contribution is 7.80. The van der Waals surface area contributed by atoms with Gasteiger partial charge >= 0.3 is 5.97 Å². The van der Waals surface area contributed by atoms with Crippen molar-refractivity contribution in [2.45, 2.75) is 13.3 Å². The highest BCUT2D eigenvalue weighted by atomic mass is 32.1. The van der Waals surface area contributed by atoms with Gasteiger partial charge in [0.15, 0.2) is 5.11 Å². The summed E-state index contributed by atoms with van der Waals surface area (Å²) in [6.45, 7) is 2.20. The number of thiocarbonyl (C=S) groups is 1. The van der Waals surface area contributed by atoms with Gasteiger partial charge in [-0.1, -0.05) is 0 Å². The minimum absolute atomic E-state index is 0.0886. The maximum atomic E-state index is 11.1. The molecule has 0 aromatic rings. The van der Waals surface area contributed by atoms with E-state index in [1.54, 1.807) is 6.92 Å². The molecule has 1 atom stereocenters. The third-order valence-electron chi connectivity index (χ3n) is 1.78. The van der Waals surface area contributed by atoms with Gasteiger partial charge in [0.2, 0.25) is 0 Å². The predicted molar refractivity (Wildman–Crippen MR) is 52.1 cm³/mol. The lowest BCUT2D eigenvalue weighted by Gasteiger charge is -2.04. The lowest BCUT2D eigenvalue weighted by atomic mass is 10.0. The van der Waals surface area contributed by atoms with Crippen LogP contribution in [0.5, 0.6) is 0 Å². The number of nitrogens with one attached hydrogen (secondary N) is 1. The van der Waals surface area contributed by atoms with Gasteiger partial charge in [0.25, 0.3) is 0 Å². The van der Waals surface area contributed by atoms with Gasteiger partial charge in [-0.05, 0) is 19.1 Å². The number of cyclic esters (lactones) is 1. The molecular formula is C7H11N3O2S. The zero-order valence-corrected chi connectivity index (χ0v) is 8.06. The molecule has 0 bridgehead atoms. The molecule has 0 amide bonds. The van der Waals surface area contributed by atoms with E-state index in [9.17, 15) is 4.79 Å². The molecule has 0 spiro atoms. The Labute approximate surface area is 81.3 Å². The summed E-state index contributed by atoms with van der Waals surface area (Å²) in [5.41, 5.74) is 8.25. The topological polar surface area (TPSA) is 76.7 Å². The molecule has 3 N–H and O–H groups in total. The van der Waals surface area contributed by atoms with E-state index >= 15 is 0 Å². The van der Waals surface area contributed by atoms with Crippen LogP contribution < -0.4 is 11.2 Å². The fourth-order valence-electron chi connectivity index (χ4n) is 1.10. The largest absolute Gasteiger partial charge is 0.465 e. The quantitative estimate of drug-likeness (QED) is 0.279. The van der Waals surface area contributed by atoms with E-state index in [0.717, 1.165) is 0 Å². The molecule has 0 radical (unpaired) electrons. The first-order valence-electron chi connectivity index (χ1n) is 3.87. The number of rotatable bonds is 2. The van der Waals surface area contributed by atoms with E-state index in [2.05, 4.69) is 22.7 Å². The average molecular weight is 201 g/mol. The fraction of sp³-hybridized carbons (Fsp3) is 0.571. The zero-order chi connectivity index (χ0) is 9.84. The van der Waals surface area contributed by atoms with Crippen LogP contribution in [-0.4, -0.2) is 23.4 Å². The van der Waals surface area contributed by atoms with Crippen LogP contribution in [0.15, 0.2) is 5.10 Å². The first-order chi connectivity index (χ1) is 6.11. The van der Waals surface area contributed by atoms with Crippen LogP contribution in [0.3, 0.4) is 0 Å². The molecule has 1 saturated heterocycles. The van der Waals surface area contributed by atoms with E-state index in [1.165, 1.54) is 0 Å². The van der Waals surface area contributed by atoms with Crippen molar-refractivity contribution in [3.05, 3.63) is 0 Å². The van der Waals surface area contributed by atoms with E-state index < -0.39 is 0 Å². The Morgan fingerprint density at radius 1 is 1.85 bits per heavy atom. The van der Waals surface area contributed by atoms with E-state index in [1.807, 2.05) is 0 Å². The Morgan fingerprint density at radius 2 is 2.54 bits per heavy atom. The van der Waals surface area contributed by atoms with Gasteiger partial charge in [0.05, 0.1) is 12.5 Å². The molecule has 6 heteroatoms. The molecule has 5 nitrogen and oxygen atoms in total. The standard InChI is InChI=1S/C7H11N3O2S/c1-4(9-10-7(8)13)5-2-3-12-6(5)11/h5H,2-3H2,1H3,(H3,8,10,13)/b9-4-/t5-/m1/s1. The number of hydrazone groups is 1. The van der Waals surface area contributed by atoms with Crippen LogP contribution in [0.1, 0.15) is 13.3 Å². The smallest absolute Gasteiger partial charge is 0.314 e. The predicted octanol–water partition coefficient (Wildman–Crippen LogP) is -0.241. The van der Waals surface area contributed by atoms with Gasteiger partial charge < -0.3 is 10.5 Å². The summed E-state index contributed by atoms with van der Waals surface area (Å²) >= 11 is 4.56. The maximum Gasteiger partial charge on any atom is 0.314 e. The monoisotopic (exact) mass is 201 g/mol. The molecule has 0 saturated carbocycles. The number of nitrogens with two attached hydrogens (primary N) is 1. The van der Waals surface area contributed by atoms with Gasteiger partial charge in [-0.3, -0.25) is 10.2 Å². The highest BCUT2D eigenvalue weighted by Gasteiger charge is 2.28. The Kier molecular flexibility index (Phi) is 3.18. The van der Waals surface area contributed by atoms with Crippen molar-refractivity contribution in [2.24, 2.45) is 16.8 Å². The normalized spacial score (nSPS) is 22.7. The summed E-state index contributed by atoms with van der Waals surface area (Å²) in [6.07, 6.45) is 0.674. The number of hydrogen-bond donors (Lipinski definition) is 2. The van der Waals surface area contributed by atoms with Crippen molar-refractivity contribution >= 4 is 29.0 Å². The van der Waals surface area contributed by atoms with Gasteiger partial charge in [-0.25, -0.2) is 0 Å². The van der Waals surface area contributed by atoms with Gasteiger partial charge in [0.1, 0.15) is 0 Å². The maximum absolute atomic E-state index is 11.1. The summed E-state index contributed by atoms with van der Waals surface area (Å²) in [4.78, 5) is 11.1. The van der Waals surface area contributed by atoms with E-state index in [4.69, 9.17) is 10.5 Å². The van der Waals surface area contributed by atoms with Crippen molar-refractivity contribution < 1.29 is 9.53 Å². The van der Waals surface area contributed by atoms with E-state index in [0.29, 0.717) is 18.7 Å². The number of carbonyl (C=O) groups excluding carboxylic acids is 1. The minimum Gasteiger partial charge on any atom is -0.465 e. The molecule has 0 aromatic heterocycles. The molecule has 1 aliphatic heterocycles. The Bertz CT molecular complexity index is 264. The number of esters is 1. The number of ether oxygens (including phenoxy) is 1. The molecular weight excluding hydrogens is 190 g/mol. The van der Waals surface area contributed by atoms with Crippen molar-refractivity contribution in [3.63, 3.8) is 0 Å². The van der Waals surface area contributed by atoms with Crippen LogP contribution in [0.4, 0.5) is 0 Å². The first kappa shape index (κ1) is 9.91. The Hall–Kier alpha value is -1.17. The van der Waals surface area contributed by atoms with Crippen LogP contribution in [-0.2, 0) is 9.53 Å². The molecule has 13 heavy (non-hydrogen) atoms. The molecule has 1 aliphatic rings. The fourth-order valence-corrected chi connectivity index (χ4v) is 1.14. The minimum atomic E-state index is -0.248. The van der Waals surface area contributed by atoms with E-state index in [-0.39, 0.29) is 17.0 Å². The molecule has 0 aromatic carbocycles. The third kappa shape index (κ3) is 2.66. The van der Waals surface area contributed by atoms with Gasteiger partial charge in [-0.2, -0.15) is 5.10 Å². The molecule has 1 fully saturated rings. The molecule has 72 valence electrons. The molecule has 1 rings (SSSR count). The van der Waals surface area contributed by atoms with Crippen molar-refractivity contribution in [3.8, 4) is 0 Å². The second-order valence-electron chi connectivity index (χ2n) is 2.74. The van der Waals surface area contributed by atoms with Crippen LogP contribution in [0.25, 0.3) is 0 Å². The highest BCUT2D eigenvalue weighted by Crippen LogP contribution is 2.15. The molecule has 0 aliphatic carbocycles. The number of hydrogen-bond acceptors (Lipinski definition) is 4. The molecule has 0 unspecified atom stereocenters. The Balaban J connectivity index is 2.55. The van der Waals surface area contributed by atoms with Crippen LogP contribution in [0, 0.1) is 5.92 Å². The number of nitrogens with zero attached hydrogens (tertiary/aromatic N) is 1. The van der Waals surface area contributed by atoms with Crippen molar-refractivity contribution in [1.82, 2.24) is 5.43 Å². The summed E-state index contributed by atoms with van der Waals surface area (Å²) in [7, 11) is 0. The first-order valence-corrected chi connectivity index (χ1v) is 4.28. The van der Waals surface area contributed by atoms with Gasteiger partial charge in [-0.15, -0.1) is 0 Å². The number of carbonyl (C=O) groups is 1. The Morgan fingerprint density at radius 3 is 3.00 bits per heavy atom. The van der Waals surface area contributed by atoms with Crippen molar-refractivity contribution in [1.29, 1.82) is 0 Å². The summed E-state index contributed by atoms with van der Waals surface area (Å²) in [6, 6.07) is 0. The lowest BCUT2D eigenvalue weighted by Crippen LogP contribution is -2.27. The summed E-state index contributed by atoms with van der Waals surface area (Å²) in [5.74, 6) is -0.479. The summed E-state index contributed by atoms with van der Waals surface area (Å²) < 4.78 is 4.78. The summed E-state index contributed by atoms with van der Waals surface area (Å²) in [5, 5.41) is 3.94. The lowest BCUT2D eigenvalue weighted by molar-refractivity contribution is -0.139. The zero-order valence-electron chi connectivity index (χ0n) is 7.24. The van der Waals surface area contributed by atoms with Crippen LogP contribution in [0.2, 0.25) is 0 Å². The van der Waals surface area contributed by atoms with Crippen LogP contribution >= 0.6 is 12.2 Å². The van der Waals surface area contributed by atoms with Gasteiger partial charge in [0, 0.05) is 12.1 Å².